The fourth-order valence-corrected chi connectivity index (χ4v) is 4.03. The van der Waals surface area contributed by atoms with Crippen LogP contribution in [0.15, 0.2) is 52.5 Å². The number of hydrogen-bond acceptors (Lipinski definition) is 4. The van der Waals surface area contributed by atoms with E-state index in [0.29, 0.717) is 28.0 Å². The van der Waals surface area contributed by atoms with Gasteiger partial charge in [0.15, 0.2) is 0 Å². The lowest BCUT2D eigenvalue weighted by Gasteiger charge is -2.29. The highest BCUT2D eigenvalue weighted by Gasteiger charge is 2.28. The lowest BCUT2D eigenvalue weighted by Crippen LogP contribution is -2.44. The Balaban J connectivity index is 2.02. The molecule has 2 N–H and O–H groups in total. The van der Waals surface area contributed by atoms with Crippen LogP contribution in [0.5, 0.6) is 0 Å². The second-order valence-corrected chi connectivity index (χ2v) is 9.81. The van der Waals surface area contributed by atoms with Gasteiger partial charge >= 0.3 is 6.09 Å². The summed E-state index contributed by atoms with van der Waals surface area (Å²) in [7, 11) is 0. The normalized spacial score (nSPS) is 12.6. The largest absolute Gasteiger partial charge is 0.465 e. The van der Waals surface area contributed by atoms with Gasteiger partial charge in [0.1, 0.15) is 21.7 Å². The first-order valence-electron chi connectivity index (χ1n) is 9.67. The molecule has 2 heterocycles. The molecule has 0 aliphatic carbocycles. The Kier molecular flexibility index (Phi) is 6.91. The number of amides is 1. The van der Waals surface area contributed by atoms with E-state index in [-0.39, 0.29) is 17.3 Å². The fourth-order valence-electron chi connectivity index (χ4n) is 3.01. The molecule has 1 atom stereocenters. The smallest absolute Gasteiger partial charge is 0.404 e. The van der Waals surface area contributed by atoms with Crippen LogP contribution in [0.1, 0.15) is 32.0 Å². The molecule has 0 saturated heterocycles. The van der Waals surface area contributed by atoms with E-state index in [2.05, 4.69) is 15.4 Å². The summed E-state index contributed by atoms with van der Waals surface area (Å²) in [5, 5.41) is 17.5. The fraction of sp³-hybridized carbons (Fsp3) is 0.318. The summed E-state index contributed by atoms with van der Waals surface area (Å²) < 4.78 is 16.3. The molecule has 0 saturated carbocycles. The molecule has 164 valence electrons. The van der Waals surface area contributed by atoms with Crippen molar-refractivity contribution >= 4 is 29.5 Å². The third-order valence-electron chi connectivity index (χ3n) is 4.74. The molecule has 1 unspecified atom stereocenters. The molecular formula is C22H24ClFN4O2S. The summed E-state index contributed by atoms with van der Waals surface area (Å²) in [6.07, 6.45) is 0.910. The highest BCUT2D eigenvalue weighted by atomic mass is 35.5. The molecule has 0 aliphatic heterocycles. The van der Waals surface area contributed by atoms with Crippen LogP contribution in [-0.2, 0) is 6.42 Å². The van der Waals surface area contributed by atoms with Crippen LogP contribution in [0.2, 0.25) is 5.15 Å². The quantitative estimate of drug-likeness (QED) is 0.456. The maximum atomic E-state index is 14.8. The van der Waals surface area contributed by atoms with Gasteiger partial charge in [-0.3, -0.25) is 0 Å². The van der Waals surface area contributed by atoms with Gasteiger partial charge in [-0.2, -0.15) is 5.10 Å². The van der Waals surface area contributed by atoms with Crippen LogP contribution in [0, 0.1) is 18.2 Å². The number of benzene rings is 1. The zero-order valence-corrected chi connectivity index (χ0v) is 19.3. The molecule has 3 rings (SSSR count). The first-order valence-corrected chi connectivity index (χ1v) is 10.9. The van der Waals surface area contributed by atoms with E-state index < -0.39 is 6.09 Å². The first kappa shape index (κ1) is 23.1. The molecule has 6 nitrogen and oxygen atoms in total. The Morgan fingerprint density at radius 2 is 2.03 bits per heavy atom. The van der Waals surface area contributed by atoms with Crippen LogP contribution < -0.4 is 5.32 Å². The lowest BCUT2D eigenvalue weighted by molar-refractivity contribution is 0.174. The minimum atomic E-state index is -1.09. The number of rotatable bonds is 6. The molecule has 0 spiro atoms. The summed E-state index contributed by atoms with van der Waals surface area (Å²) in [6, 6.07) is 9.95. The summed E-state index contributed by atoms with van der Waals surface area (Å²) in [5.41, 5.74) is 1.45. The van der Waals surface area contributed by atoms with E-state index in [0.717, 1.165) is 10.5 Å². The van der Waals surface area contributed by atoms with E-state index in [1.165, 1.54) is 17.8 Å². The monoisotopic (exact) mass is 462 g/mol. The van der Waals surface area contributed by atoms with E-state index in [9.17, 15) is 14.3 Å². The maximum absolute atomic E-state index is 14.8. The Hall–Kier alpha value is -2.58. The van der Waals surface area contributed by atoms with Crippen molar-refractivity contribution in [2.45, 2.75) is 50.1 Å². The van der Waals surface area contributed by atoms with Gasteiger partial charge in [0, 0.05) is 23.6 Å². The molecule has 31 heavy (non-hydrogen) atoms. The standard InChI is InChI=1S/C22H24ClFN4O2S/c1-13-5-7-17(16(24)9-13)28-20(31-15-6-8-19(23)25-12-15)11-14(27-28)10-18(22(2,3)4)26-21(29)30/h5-9,11-12,18,26H,10H2,1-4H3,(H,29,30). The predicted molar refractivity (Wildman–Crippen MR) is 120 cm³/mol. The van der Waals surface area contributed by atoms with Crippen molar-refractivity contribution in [2.24, 2.45) is 5.41 Å². The van der Waals surface area contributed by atoms with Crippen molar-refractivity contribution in [3.05, 3.63) is 64.8 Å². The number of carbonyl (C=O) groups is 1. The predicted octanol–water partition coefficient (Wildman–Crippen LogP) is 5.74. The van der Waals surface area contributed by atoms with Crippen molar-refractivity contribution < 1.29 is 14.3 Å². The molecule has 0 aliphatic rings. The van der Waals surface area contributed by atoms with Gasteiger partial charge in [-0.25, -0.2) is 18.9 Å². The molecule has 1 aromatic carbocycles. The third kappa shape index (κ3) is 5.98. The summed E-state index contributed by atoms with van der Waals surface area (Å²) in [6.45, 7) is 7.69. The minimum absolute atomic E-state index is 0.319. The number of aromatic nitrogens is 3. The van der Waals surface area contributed by atoms with Crippen LogP contribution in [0.3, 0.4) is 0 Å². The van der Waals surface area contributed by atoms with Crippen LogP contribution >= 0.6 is 23.4 Å². The minimum Gasteiger partial charge on any atom is -0.465 e. The zero-order chi connectivity index (χ0) is 22.8. The van der Waals surface area contributed by atoms with Gasteiger partial charge < -0.3 is 10.4 Å². The van der Waals surface area contributed by atoms with Crippen molar-refractivity contribution in [1.82, 2.24) is 20.1 Å². The Labute approximate surface area is 189 Å². The van der Waals surface area contributed by atoms with E-state index >= 15 is 0 Å². The van der Waals surface area contributed by atoms with Crippen molar-refractivity contribution in [3.8, 4) is 5.69 Å². The maximum Gasteiger partial charge on any atom is 0.404 e. The van der Waals surface area contributed by atoms with Crippen LogP contribution in [-0.4, -0.2) is 32.0 Å². The third-order valence-corrected chi connectivity index (χ3v) is 5.94. The average Bonchev–Trinajstić information content (AvgIpc) is 3.04. The zero-order valence-electron chi connectivity index (χ0n) is 17.7. The van der Waals surface area contributed by atoms with Gasteiger partial charge in [0.25, 0.3) is 0 Å². The molecular weight excluding hydrogens is 439 g/mol. The van der Waals surface area contributed by atoms with E-state index in [4.69, 9.17) is 11.6 Å². The molecule has 0 radical (unpaired) electrons. The van der Waals surface area contributed by atoms with Crippen molar-refractivity contribution in [2.75, 3.05) is 0 Å². The first-order chi connectivity index (χ1) is 14.5. The van der Waals surface area contributed by atoms with Gasteiger partial charge in [0.05, 0.1) is 5.69 Å². The SMILES string of the molecule is Cc1ccc(-n2nc(CC(NC(=O)O)C(C)(C)C)cc2Sc2ccc(Cl)nc2)c(F)c1. The van der Waals surface area contributed by atoms with Gasteiger partial charge in [0.2, 0.25) is 0 Å². The molecule has 3 aromatic rings. The van der Waals surface area contributed by atoms with Gasteiger partial charge in [-0.15, -0.1) is 0 Å². The van der Waals surface area contributed by atoms with Gasteiger partial charge in [-0.1, -0.05) is 50.2 Å². The topological polar surface area (TPSA) is 80.0 Å². The van der Waals surface area contributed by atoms with Crippen molar-refractivity contribution in [3.63, 3.8) is 0 Å². The Bertz CT molecular complexity index is 1080. The number of nitrogens with zero attached hydrogens (tertiary/aromatic N) is 3. The second-order valence-electron chi connectivity index (χ2n) is 8.33. The molecule has 0 bridgehead atoms. The summed E-state index contributed by atoms with van der Waals surface area (Å²) in [5.74, 6) is -0.387. The van der Waals surface area contributed by atoms with Gasteiger partial charge in [-0.05, 0) is 48.2 Å². The van der Waals surface area contributed by atoms with E-state index in [1.807, 2.05) is 45.9 Å². The number of hydrogen-bond donors (Lipinski definition) is 2. The highest BCUT2D eigenvalue weighted by Crippen LogP contribution is 2.32. The molecule has 9 heteroatoms. The number of carboxylic acid groups (broad SMARTS) is 1. The number of aryl methyl sites for hydroxylation is 1. The number of nitrogens with one attached hydrogen (secondary N) is 1. The van der Waals surface area contributed by atoms with E-state index in [1.54, 1.807) is 23.0 Å². The van der Waals surface area contributed by atoms with Crippen molar-refractivity contribution in [1.29, 1.82) is 0 Å². The number of halogens is 2. The Morgan fingerprint density at radius 3 is 2.61 bits per heavy atom. The number of pyridine rings is 1. The highest BCUT2D eigenvalue weighted by molar-refractivity contribution is 7.99. The molecule has 0 fully saturated rings. The summed E-state index contributed by atoms with van der Waals surface area (Å²) in [4.78, 5) is 16.2. The lowest BCUT2D eigenvalue weighted by atomic mass is 9.84. The summed E-state index contributed by atoms with van der Waals surface area (Å²) >= 11 is 7.26. The van der Waals surface area contributed by atoms with Crippen LogP contribution in [0.4, 0.5) is 9.18 Å². The van der Waals surface area contributed by atoms with Crippen LogP contribution in [0.25, 0.3) is 5.69 Å². The molecule has 2 aromatic heterocycles. The second kappa shape index (κ2) is 9.28. The average molecular weight is 463 g/mol. The molecule has 1 amide bonds. The Morgan fingerprint density at radius 1 is 1.29 bits per heavy atom.